The fraction of sp³-hybridized carbons (Fsp3) is 0.600. The summed E-state index contributed by atoms with van der Waals surface area (Å²) < 4.78 is 3.67. The van der Waals surface area contributed by atoms with Gasteiger partial charge < -0.3 is 4.57 Å². The molecule has 0 spiro atoms. The van der Waals surface area contributed by atoms with Crippen molar-refractivity contribution in [2.45, 2.75) is 56.9 Å². The van der Waals surface area contributed by atoms with Crippen LogP contribution in [0.2, 0.25) is 0 Å². The van der Waals surface area contributed by atoms with E-state index >= 15 is 0 Å². The molecule has 0 unspecified atom stereocenters. The summed E-state index contributed by atoms with van der Waals surface area (Å²) in [5, 5.41) is 11.3. The van der Waals surface area contributed by atoms with Crippen molar-refractivity contribution in [2.24, 2.45) is 0 Å². The SMILES string of the molecule is CC(C)(c1ccsc1Br)c1nnc(C2CC2)n1C1CC1. The van der Waals surface area contributed by atoms with Crippen molar-refractivity contribution in [3.05, 3.63) is 32.4 Å². The van der Waals surface area contributed by atoms with Gasteiger partial charge in [0.1, 0.15) is 11.6 Å². The molecule has 2 aliphatic carbocycles. The summed E-state index contributed by atoms with van der Waals surface area (Å²) in [7, 11) is 0. The van der Waals surface area contributed by atoms with E-state index in [9.17, 15) is 0 Å². The average molecular weight is 352 g/mol. The largest absolute Gasteiger partial charge is 0.311 e. The molecular formula is C15H18BrN3S. The van der Waals surface area contributed by atoms with Gasteiger partial charge in [0.05, 0.1) is 9.20 Å². The Hall–Kier alpha value is -0.680. The van der Waals surface area contributed by atoms with E-state index in [1.54, 1.807) is 11.3 Å². The van der Waals surface area contributed by atoms with Gasteiger partial charge in [0.25, 0.3) is 0 Å². The van der Waals surface area contributed by atoms with Crippen LogP contribution in [0.15, 0.2) is 15.2 Å². The Morgan fingerprint density at radius 1 is 1.25 bits per heavy atom. The molecule has 4 rings (SSSR count). The highest BCUT2D eigenvalue weighted by Gasteiger charge is 2.41. The van der Waals surface area contributed by atoms with E-state index in [2.05, 4.69) is 56.0 Å². The van der Waals surface area contributed by atoms with Gasteiger partial charge in [0.15, 0.2) is 0 Å². The lowest BCUT2D eigenvalue weighted by molar-refractivity contribution is 0.526. The van der Waals surface area contributed by atoms with Gasteiger partial charge in [0.2, 0.25) is 0 Å². The topological polar surface area (TPSA) is 30.7 Å². The van der Waals surface area contributed by atoms with Gasteiger partial charge in [-0.3, -0.25) is 0 Å². The Morgan fingerprint density at radius 2 is 2.00 bits per heavy atom. The first-order valence-corrected chi connectivity index (χ1v) is 8.95. The number of halogens is 1. The van der Waals surface area contributed by atoms with Crippen LogP contribution in [0, 0.1) is 0 Å². The minimum Gasteiger partial charge on any atom is -0.311 e. The molecule has 0 bridgehead atoms. The number of nitrogens with zero attached hydrogens (tertiary/aromatic N) is 3. The molecule has 2 fully saturated rings. The summed E-state index contributed by atoms with van der Waals surface area (Å²) in [6.45, 7) is 4.53. The third-order valence-electron chi connectivity index (χ3n) is 4.43. The molecule has 0 aromatic carbocycles. The fourth-order valence-corrected chi connectivity index (χ4v) is 4.63. The van der Waals surface area contributed by atoms with E-state index < -0.39 is 0 Å². The van der Waals surface area contributed by atoms with Crippen molar-refractivity contribution in [3.63, 3.8) is 0 Å². The highest BCUT2D eigenvalue weighted by molar-refractivity contribution is 9.11. The van der Waals surface area contributed by atoms with Crippen molar-refractivity contribution in [3.8, 4) is 0 Å². The van der Waals surface area contributed by atoms with Gasteiger partial charge in [-0.05, 0) is 72.5 Å². The average Bonchev–Trinajstić information content (AvgIpc) is 3.34. The maximum Gasteiger partial charge on any atom is 0.143 e. The summed E-state index contributed by atoms with van der Waals surface area (Å²) in [5.74, 6) is 3.04. The van der Waals surface area contributed by atoms with Gasteiger partial charge in [-0.1, -0.05) is 0 Å². The minimum absolute atomic E-state index is 0.0957. The van der Waals surface area contributed by atoms with Crippen LogP contribution in [0.3, 0.4) is 0 Å². The Bertz CT molecular complexity index is 650. The summed E-state index contributed by atoms with van der Waals surface area (Å²) in [6.07, 6.45) is 5.14. The van der Waals surface area contributed by atoms with Gasteiger partial charge >= 0.3 is 0 Å². The Morgan fingerprint density at radius 3 is 2.55 bits per heavy atom. The summed E-state index contributed by atoms with van der Waals surface area (Å²) in [6, 6.07) is 2.85. The predicted octanol–water partition coefficient (Wildman–Crippen LogP) is 4.64. The van der Waals surface area contributed by atoms with Crippen LogP contribution in [-0.4, -0.2) is 14.8 Å². The van der Waals surface area contributed by atoms with Gasteiger partial charge in [-0.2, -0.15) is 0 Å². The maximum absolute atomic E-state index is 4.60. The molecule has 2 aromatic heterocycles. The lowest BCUT2D eigenvalue weighted by Crippen LogP contribution is -2.24. The molecule has 2 aliphatic rings. The molecule has 2 heterocycles. The smallest absolute Gasteiger partial charge is 0.143 e. The van der Waals surface area contributed by atoms with Crippen molar-refractivity contribution in [1.82, 2.24) is 14.8 Å². The quantitative estimate of drug-likeness (QED) is 0.803. The highest BCUT2D eigenvalue weighted by Crippen LogP contribution is 2.47. The fourth-order valence-electron chi connectivity index (χ4n) is 2.91. The molecule has 5 heteroatoms. The predicted molar refractivity (Wildman–Crippen MR) is 84.4 cm³/mol. The first-order valence-electron chi connectivity index (χ1n) is 7.28. The van der Waals surface area contributed by atoms with E-state index in [0.29, 0.717) is 12.0 Å². The molecule has 0 atom stereocenters. The lowest BCUT2D eigenvalue weighted by atomic mass is 9.85. The molecule has 0 radical (unpaired) electrons. The lowest BCUT2D eigenvalue weighted by Gasteiger charge is -2.25. The number of rotatable bonds is 4. The van der Waals surface area contributed by atoms with Crippen molar-refractivity contribution in [1.29, 1.82) is 0 Å². The third kappa shape index (κ3) is 1.98. The maximum atomic E-state index is 4.60. The molecule has 2 saturated carbocycles. The number of hydrogen-bond acceptors (Lipinski definition) is 3. The molecular weight excluding hydrogens is 334 g/mol. The second-order valence-electron chi connectivity index (χ2n) is 6.49. The third-order valence-corrected chi connectivity index (χ3v) is 6.11. The molecule has 0 aliphatic heterocycles. The molecule has 0 N–H and O–H groups in total. The number of aromatic nitrogens is 3. The molecule has 0 saturated heterocycles. The van der Waals surface area contributed by atoms with Gasteiger partial charge in [-0.25, -0.2) is 0 Å². The van der Waals surface area contributed by atoms with E-state index in [1.807, 2.05) is 0 Å². The van der Waals surface area contributed by atoms with Crippen LogP contribution in [-0.2, 0) is 5.41 Å². The van der Waals surface area contributed by atoms with Gasteiger partial charge in [-0.15, -0.1) is 21.5 Å². The number of hydrogen-bond donors (Lipinski definition) is 0. The highest BCUT2D eigenvalue weighted by atomic mass is 79.9. The first-order chi connectivity index (χ1) is 9.59. The summed E-state index contributed by atoms with van der Waals surface area (Å²) >= 11 is 5.43. The second-order valence-corrected chi connectivity index (χ2v) is 8.72. The summed E-state index contributed by atoms with van der Waals surface area (Å²) in [4.78, 5) is 0. The zero-order valence-electron chi connectivity index (χ0n) is 11.8. The van der Waals surface area contributed by atoms with E-state index in [0.717, 1.165) is 5.82 Å². The van der Waals surface area contributed by atoms with Crippen molar-refractivity contribution < 1.29 is 0 Å². The van der Waals surface area contributed by atoms with Crippen LogP contribution in [0.4, 0.5) is 0 Å². The van der Waals surface area contributed by atoms with Crippen LogP contribution in [0.5, 0.6) is 0 Å². The van der Waals surface area contributed by atoms with Crippen LogP contribution in [0.25, 0.3) is 0 Å². The zero-order valence-corrected chi connectivity index (χ0v) is 14.2. The normalized spacial score (nSPS) is 19.6. The van der Waals surface area contributed by atoms with Crippen LogP contribution < -0.4 is 0 Å². The Kier molecular flexibility index (Phi) is 2.87. The second kappa shape index (κ2) is 4.41. The molecule has 20 heavy (non-hydrogen) atoms. The van der Waals surface area contributed by atoms with Crippen molar-refractivity contribution >= 4 is 27.3 Å². The Labute approximate surface area is 131 Å². The Balaban J connectivity index is 1.83. The standard InChI is InChI=1S/C15H18BrN3S/c1-15(2,11-7-8-20-12(11)16)14-18-17-13(9-3-4-9)19(14)10-5-6-10/h7-10H,3-6H2,1-2H3. The van der Waals surface area contributed by atoms with Gasteiger partial charge in [0, 0.05) is 12.0 Å². The molecule has 106 valence electrons. The minimum atomic E-state index is -0.0957. The van der Waals surface area contributed by atoms with Crippen molar-refractivity contribution in [2.75, 3.05) is 0 Å². The molecule has 2 aromatic rings. The molecule has 3 nitrogen and oxygen atoms in total. The summed E-state index contributed by atoms with van der Waals surface area (Å²) in [5.41, 5.74) is 1.22. The van der Waals surface area contributed by atoms with E-state index in [-0.39, 0.29) is 5.41 Å². The molecule has 0 amide bonds. The van der Waals surface area contributed by atoms with Crippen LogP contribution in [0.1, 0.15) is 68.7 Å². The van der Waals surface area contributed by atoms with E-state index in [4.69, 9.17) is 0 Å². The van der Waals surface area contributed by atoms with Crippen LogP contribution >= 0.6 is 27.3 Å². The number of thiophene rings is 1. The zero-order chi connectivity index (χ0) is 13.9. The van der Waals surface area contributed by atoms with E-state index in [1.165, 1.54) is 40.9 Å². The monoisotopic (exact) mass is 351 g/mol. The first kappa shape index (κ1) is 13.0.